The van der Waals surface area contributed by atoms with E-state index in [9.17, 15) is 4.79 Å². The second-order valence-corrected chi connectivity index (χ2v) is 12.7. The quantitative estimate of drug-likeness (QED) is 0.305. The maximum Gasteiger partial charge on any atom is 0.303 e. The molecule has 2 saturated carbocycles. The first-order valence-electron chi connectivity index (χ1n) is 15.2. The van der Waals surface area contributed by atoms with Crippen LogP contribution in [0.15, 0.2) is 36.8 Å². The zero-order chi connectivity index (χ0) is 30.3. The topological polar surface area (TPSA) is 120 Å². The molecule has 0 bridgehead atoms. The molecule has 11 heteroatoms. The largest absolute Gasteiger partial charge is 0.497 e. The van der Waals surface area contributed by atoms with Crippen molar-refractivity contribution in [2.45, 2.75) is 82.6 Å². The van der Waals surface area contributed by atoms with Gasteiger partial charge < -0.3 is 38.8 Å². The van der Waals surface area contributed by atoms with Crippen molar-refractivity contribution in [1.29, 1.82) is 0 Å². The van der Waals surface area contributed by atoms with E-state index in [1.807, 2.05) is 32.0 Å². The fraction of sp³-hybridized carbons (Fsp3) is 0.594. The molecule has 1 aromatic carbocycles. The number of fused-ring (bicyclic) bond motifs is 2. The van der Waals surface area contributed by atoms with Crippen molar-refractivity contribution in [3.05, 3.63) is 42.4 Å². The number of nitrogens with one attached hydrogen (secondary N) is 1. The number of methoxy groups -OCH3 is 2. The normalized spacial score (nSPS) is 27.7. The van der Waals surface area contributed by atoms with Crippen molar-refractivity contribution in [2.75, 3.05) is 33.1 Å². The highest BCUT2D eigenvalue weighted by Crippen LogP contribution is 2.48. The monoisotopic (exact) mass is 593 g/mol. The predicted molar refractivity (Wildman–Crippen MR) is 161 cm³/mol. The highest BCUT2D eigenvalue weighted by atomic mass is 16.8. The lowest BCUT2D eigenvalue weighted by Crippen LogP contribution is -2.46. The van der Waals surface area contributed by atoms with Crippen LogP contribution < -0.4 is 14.8 Å². The summed E-state index contributed by atoms with van der Waals surface area (Å²) in [6.07, 6.45) is 7.70. The Kier molecular flexibility index (Phi) is 8.23. The minimum Gasteiger partial charge on any atom is -0.497 e. The molecule has 0 spiro atoms. The van der Waals surface area contributed by atoms with Crippen LogP contribution in [-0.2, 0) is 20.8 Å². The van der Waals surface area contributed by atoms with Crippen LogP contribution >= 0.6 is 0 Å². The Morgan fingerprint density at radius 2 is 1.93 bits per heavy atom. The van der Waals surface area contributed by atoms with Gasteiger partial charge in [-0.15, -0.1) is 0 Å². The van der Waals surface area contributed by atoms with Crippen LogP contribution in [0, 0.1) is 11.8 Å². The Balaban J connectivity index is 1.17. The van der Waals surface area contributed by atoms with Crippen molar-refractivity contribution in [3.8, 4) is 11.5 Å². The number of carbonyl (C=O) groups is 1. The summed E-state index contributed by atoms with van der Waals surface area (Å²) in [5, 5.41) is 13.4. The number of aliphatic carboxylic acids is 1. The third-order valence-electron chi connectivity index (χ3n) is 9.48. The number of carboxylic acid groups (broad SMARTS) is 1. The summed E-state index contributed by atoms with van der Waals surface area (Å²) in [6.45, 7) is 5.44. The summed E-state index contributed by atoms with van der Waals surface area (Å²) in [7, 11) is 5.49. The molecule has 3 heterocycles. The average molecular weight is 594 g/mol. The Labute approximate surface area is 252 Å². The van der Waals surface area contributed by atoms with Gasteiger partial charge >= 0.3 is 5.97 Å². The molecule has 0 amide bonds. The van der Waals surface area contributed by atoms with E-state index in [2.05, 4.69) is 39.1 Å². The zero-order valence-corrected chi connectivity index (χ0v) is 25.7. The molecule has 2 aliphatic carbocycles. The minimum absolute atomic E-state index is 0.00949. The zero-order valence-electron chi connectivity index (χ0n) is 25.7. The first-order valence-corrected chi connectivity index (χ1v) is 15.2. The standard InChI is InChI=1S/C32H43N5O6/c1-32(2)42-28-21(17-36(3)22-12-19(13-22)6-9-27(38)39)14-25(29(28)43-32)37-11-10-24-30(34-18-35-31(24)37)33-16-20-7-8-23(40-4)15-26(20)41-5/h7-8,10-11,15,18-19,21-22,25,28-29H,6,9,12-14,16-17H2,1-5H3,(H,38,39)(H,33,34,35)/t19-,21-,22-,25-,28-,29+/m1/s1. The van der Waals surface area contributed by atoms with E-state index >= 15 is 0 Å². The van der Waals surface area contributed by atoms with E-state index in [1.54, 1.807) is 20.5 Å². The number of benzene rings is 1. The smallest absolute Gasteiger partial charge is 0.303 e. The van der Waals surface area contributed by atoms with Gasteiger partial charge in [0.05, 0.1) is 31.8 Å². The van der Waals surface area contributed by atoms with Gasteiger partial charge in [-0.2, -0.15) is 0 Å². The van der Waals surface area contributed by atoms with Gasteiger partial charge in [-0.05, 0) is 70.7 Å². The molecular formula is C32H43N5O6. The molecule has 1 aliphatic heterocycles. The van der Waals surface area contributed by atoms with Crippen molar-refractivity contribution < 1.29 is 28.8 Å². The maximum atomic E-state index is 11.0. The summed E-state index contributed by atoms with van der Waals surface area (Å²) in [5.41, 5.74) is 1.86. The lowest BCUT2D eigenvalue weighted by molar-refractivity contribution is -0.161. The first-order chi connectivity index (χ1) is 20.7. The predicted octanol–water partition coefficient (Wildman–Crippen LogP) is 4.72. The van der Waals surface area contributed by atoms with Crippen LogP contribution in [0.2, 0.25) is 0 Å². The van der Waals surface area contributed by atoms with Crippen LogP contribution in [0.25, 0.3) is 11.0 Å². The fourth-order valence-electron chi connectivity index (χ4n) is 7.21. The van der Waals surface area contributed by atoms with Crippen LogP contribution in [0.3, 0.4) is 0 Å². The highest BCUT2D eigenvalue weighted by Gasteiger charge is 2.55. The minimum atomic E-state index is -0.705. The van der Waals surface area contributed by atoms with Crippen LogP contribution in [-0.4, -0.2) is 82.4 Å². The number of rotatable bonds is 12. The molecule has 4 atom stereocenters. The van der Waals surface area contributed by atoms with Crippen molar-refractivity contribution >= 4 is 22.8 Å². The van der Waals surface area contributed by atoms with E-state index in [1.165, 1.54) is 0 Å². The van der Waals surface area contributed by atoms with Crippen molar-refractivity contribution in [3.63, 3.8) is 0 Å². The Bertz CT molecular complexity index is 1450. The number of anilines is 1. The molecule has 232 valence electrons. The maximum absolute atomic E-state index is 11.0. The molecule has 3 fully saturated rings. The lowest BCUT2D eigenvalue weighted by Gasteiger charge is -2.42. The van der Waals surface area contributed by atoms with Crippen molar-refractivity contribution in [2.24, 2.45) is 11.8 Å². The van der Waals surface area contributed by atoms with Gasteiger partial charge in [0.2, 0.25) is 0 Å². The summed E-state index contributed by atoms with van der Waals surface area (Å²) in [4.78, 5) is 22.7. The Morgan fingerprint density at radius 3 is 2.67 bits per heavy atom. The molecule has 1 saturated heterocycles. The van der Waals surface area contributed by atoms with Crippen LogP contribution in [0.1, 0.15) is 57.6 Å². The van der Waals surface area contributed by atoms with Gasteiger partial charge in [-0.25, -0.2) is 9.97 Å². The van der Waals surface area contributed by atoms with Gasteiger partial charge in [-0.1, -0.05) is 0 Å². The van der Waals surface area contributed by atoms with Crippen LogP contribution in [0.4, 0.5) is 5.82 Å². The summed E-state index contributed by atoms with van der Waals surface area (Å²) in [5.74, 6) is 1.72. The third-order valence-corrected chi connectivity index (χ3v) is 9.48. The SMILES string of the molecule is COc1ccc(CNc2ncnc3c2ccn3[C@@H]2C[C@H](CN(C)[C@H]3C[C@H](CCC(=O)O)C3)[C@H]3OC(C)(C)O[C@H]32)c(OC)c1. The number of nitrogens with zero attached hydrogens (tertiary/aromatic N) is 4. The number of ether oxygens (including phenoxy) is 4. The van der Waals surface area contributed by atoms with E-state index in [0.29, 0.717) is 24.4 Å². The molecule has 3 aliphatic rings. The molecule has 3 aromatic rings. The number of hydrogen-bond donors (Lipinski definition) is 2. The Morgan fingerprint density at radius 1 is 1.14 bits per heavy atom. The molecule has 0 radical (unpaired) electrons. The first kappa shape index (κ1) is 29.7. The second-order valence-electron chi connectivity index (χ2n) is 12.7. The second kappa shape index (κ2) is 11.9. The lowest BCUT2D eigenvalue weighted by atomic mass is 9.76. The van der Waals surface area contributed by atoms with Gasteiger partial charge in [0.1, 0.15) is 35.4 Å². The fourth-order valence-corrected chi connectivity index (χ4v) is 7.21. The molecule has 0 unspecified atom stereocenters. The Hall–Kier alpha value is -3.41. The summed E-state index contributed by atoms with van der Waals surface area (Å²) in [6, 6.07) is 8.43. The summed E-state index contributed by atoms with van der Waals surface area (Å²) < 4.78 is 26.2. The van der Waals surface area contributed by atoms with Gasteiger partial charge in [0, 0.05) is 49.3 Å². The van der Waals surface area contributed by atoms with Crippen molar-refractivity contribution in [1.82, 2.24) is 19.4 Å². The number of carboxylic acids is 1. The molecule has 11 nitrogen and oxygen atoms in total. The van der Waals surface area contributed by atoms with E-state index in [0.717, 1.165) is 66.1 Å². The number of aromatic nitrogens is 3. The molecule has 6 rings (SSSR count). The average Bonchev–Trinajstić information content (AvgIpc) is 3.62. The van der Waals surface area contributed by atoms with Crippen LogP contribution in [0.5, 0.6) is 11.5 Å². The summed E-state index contributed by atoms with van der Waals surface area (Å²) >= 11 is 0. The molecule has 43 heavy (non-hydrogen) atoms. The highest BCUT2D eigenvalue weighted by molar-refractivity contribution is 5.87. The van der Waals surface area contributed by atoms with Gasteiger partial charge in [0.25, 0.3) is 0 Å². The third kappa shape index (κ3) is 6.03. The number of hydrogen-bond acceptors (Lipinski definition) is 9. The van der Waals surface area contributed by atoms with Gasteiger partial charge in [0.15, 0.2) is 5.79 Å². The van der Waals surface area contributed by atoms with Gasteiger partial charge in [-0.3, -0.25) is 4.79 Å². The van der Waals surface area contributed by atoms with E-state index in [4.69, 9.17) is 29.0 Å². The van der Waals surface area contributed by atoms with E-state index in [-0.39, 0.29) is 24.7 Å². The molecule has 2 aromatic heterocycles. The molecule has 2 N–H and O–H groups in total. The van der Waals surface area contributed by atoms with E-state index < -0.39 is 11.8 Å². The molecular weight excluding hydrogens is 550 g/mol.